The van der Waals surface area contributed by atoms with Gasteiger partial charge in [-0.1, -0.05) is 13.3 Å². The lowest BCUT2D eigenvalue weighted by molar-refractivity contribution is -0.118. The second-order valence-electron chi connectivity index (χ2n) is 6.66. The average molecular weight is 413 g/mol. The zero-order valence-electron chi connectivity index (χ0n) is 16.9. The summed E-state index contributed by atoms with van der Waals surface area (Å²) in [5.41, 5.74) is 1.05. The number of nitrogens with one attached hydrogen (secondary N) is 1. The molecule has 158 valence electrons. The van der Waals surface area contributed by atoms with E-state index >= 15 is 0 Å². The topological polar surface area (TPSA) is 100 Å². The fourth-order valence-electron chi connectivity index (χ4n) is 2.75. The molecule has 30 heavy (non-hydrogen) atoms. The van der Waals surface area contributed by atoms with Crippen LogP contribution in [0.4, 0.5) is 5.69 Å². The van der Waals surface area contributed by atoms with Crippen molar-refractivity contribution in [2.24, 2.45) is 0 Å². The Morgan fingerprint density at radius 3 is 2.43 bits per heavy atom. The largest absolute Gasteiger partial charge is 0.484 e. The minimum absolute atomic E-state index is 0.0648. The molecule has 0 aliphatic carbocycles. The van der Waals surface area contributed by atoms with Crippen LogP contribution in [0.5, 0.6) is 17.2 Å². The van der Waals surface area contributed by atoms with E-state index < -0.39 is 11.9 Å². The summed E-state index contributed by atoms with van der Waals surface area (Å²) < 4.78 is 21.2. The third-order valence-corrected chi connectivity index (χ3v) is 4.36. The summed E-state index contributed by atoms with van der Waals surface area (Å²) in [7, 11) is 0. The number of hydrogen-bond acceptors (Lipinski definition) is 7. The molecule has 0 atom stereocenters. The number of rotatable bonds is 9. The molecule has 0 fully saturated rings. The monoisotopic (exact) mass is 413 g/mol. The zero-order valence-corrected chi connectivity index (χ0v) is 16.9. The Morgan fingerprint density at radius 1 is 1.07 bits per heavy atom. The Kier molecular flexibility index (Phi) is 6.90. The van der Waals surface area contributed by atoms with Crippen LogP contribution < -0.4 is 19.5 Å². The van der Waals surface area contributed by atoms with Crippen LogP contribution in [0.1, 0.15) is 47.4 Å². The van der Waals surface area contributed by atoms with E-state index in [0.29, 0.717) is 40.7 Å². The van der Waals surface area contributed by atoms with Crippen molar-refractivity contribution in [3.05, 3.63) is 47.5 Å². The molecule has 8 nitrogen and oxygen atoms in total. The van der Waals surface area contributed by atoms with Gasteiger partial charge in [-0.15, -0.1) is 0 Å². The lowest BCUT2D eigenvalue weighted by Crippen LogP contribution is -2.21. The maximum absolute atomic E-state index is 12.3. The predicted octanol–water partition coefficient (Wildman–Crippen LogP) is 3.59. The van der Waals surface area contributed by atoms with Crippen LogP contribution in [0.15, 0.2) is 36.4 Å². The quantitative estimate of drug-likeness (QED) is 0.381. The zero-order chi connectivity index (χ0) is 21.5. The number of Topliss-reactive ketones (excluding diaryl/α,β-unsaturated/α-hetero) is 1. The number of carbonyl (C=O) groups is 3. The van der Waals surface area contributed by atoms with E-state index in [2.05, 4.69) is 5.32 Å². The van der Waals surface area contributed by atoms with Crippen molar-refractivity contribution in [1.29, 1.82) is 0 Å². The van der Waals surface area contributed by atoms with Gasteiger partial charge in [-0.3, -0.25) is 9.59 Å². The van der Waals surface area contributed by atoms with Crippen molar-refractivity contribution in [1.82, 2.24) is 0 Å². The average Bonchev–Trinajstić information content (AvgIpc) is 3.19. The van der Waals surface area contributed by atoms with Crippen LogP contribution in [0.3, 0.4) is 0 Å². The first kappa shape index (κ1) is 21.2. The molecule has 3 rings (SSSR count). The van der Waals surface area contributed by atoms with Gasteiger partial charge in [0.25, 0.3) is 5.91 Å². The number of esters is 1. The SMILES string of the molecule is CCCCOC(=O)c1ccc(OCC(=O)Nc2cc3c(cc2C(C)=O)OCO3)cc1. The molecule has 1 aliphatic heterocycles. The molecular weight excluding hydrogens is 390 g/mol. The summed E-state index contributed by atoms with van der Waals surface area (Å²) in [6.45, 7) is 3.60. The number of ketones is 1. The van der Waals surface area contributed by atoms with Crippen LogP contribution >= 0.6 is 0 Å². The Hall–Kier alpha value is -3.55. The van der Waals surface area contributed by atoms with Gasteiger partial charge < -0.3 is 24.3 Å². The lowest BCUT2D eigenvalue weighted by Gasteiger charge is -2.11. The molecule has 1 aliphatic rings. The first-order valence-electron chi connectivity index (χ1n) is 9.62. The molecule has 1 N–H and O–H groups in total. The van der Waals surface area contributed by atoms with Crippen LogP contribution in [-0.2, 0) is 9.53 Å². The van der Waals surface area contributed by atoms with Crippen molar-refractivity contribution in [3.63, 3.8) is 0 Å². The molecule has 2 aromatic carbocycles. The maximum atomic E-state index is 12.3. The van der Waals surface area contributed by atoms with Gasteiger partial charge in [0.05, 0.1) is 17.9 Å². The van der Waals surface area contributed by atoms with Crippen molar-refractivity contribution in [2.45, 2.75) is 26.7 Å². The standard InChI is InChI=1S/C22H23NO7/c1-3-4-9-27-22(26)15-5-7-16(8-6-15)28-12-21(25)23-18-11-20-19(29-13-30-20)10-17(18)14(2)24/h5-8,10-11H,3-4,9,12-13H2,1-2H3,(H,23,25). The highest BCUT2D eigenvalue weighted by Gasteiger charge is 2.20. The summed E-state index contributed by atoms with van der Waals surface area (Å²) in [4.78, 5) is 36.1. The van der Waals surface area contributed by atoms with Crippen LogP contribution in [-0.4, -0.2) is 37.7 Å². The van der Waals surface area contributed by atoms with Crippen molar-refractivity contribution >= 4 is 23.3 Å². The lowest BCUT2D eigenvalue weighted by atomic mass is 10.1. The highest BCUT2D eigenvalue weighted by Crippen LogP contribution is 2.37. The molecule has 1 amide bonds. The maximum Gasteiger partial charge on any atom is 0.338 e. The number of hydrogen-bond donors (Lipinski definition) is 1. The van der Waals surface area contributed by atoms with E-state index in [0.717, 1.165) is 12.8 Å². The van der Waals surface area contributed by atoms with Crippen LogP contribution in [0, 0.1) is 0 Å². The fraction of sp³-hybridized carbons (Fsp3) is 0.318. The molecule has 0 saturated carbocycles. The Balaban J connectivity index is 1.56. The number of ether oxygens (including phenoxy) is 4. The van der Waals surface area contributed by atoms with E-state index in [-0.39, 0.29) is 19.2 Å². The van der Waals surface area contributed by atoms with Crippen molar-refractivity contribution < 1.29 is 33.3 Å². The van der Waals surface area contributed by atoms with Crippen LogP contribution in [0.25, 0.3) is 0 Å². The van der Waals surface area contributed by atoms with Gasteiger partial charge in [-0.2, -0.15) is 0 Å². The Labute approximate surface area is 174 Å². The summed E-state index contributed by atoms with van der Waals surface area (Å²) >= 11 is 0. The third-order valence-electron chi connectivity index (χ3n) is 4.36. The Morgan fingerprint density at radius 2 is 1.77 bits per heavy atom. The molecule has 1 heterocycles. The van der Waals surface area contributed by atoms with Gasteiger partial charge in [0.15, 0.2) is 23.9 Å². The Bertz CT molecular complexity index is 937. The van der Waals surface area contributed by atoms with E-state index in [1.165, 1.54) is 6.92 Å². The van der Waals surface area contributed by atoms with E-state index in [1.54, 1.807) is 36.4 Å². The normalized spacial score (nSPS) is 11.7. The molecule has 0 saturated heterocycles. The van der Waals surface area contributed by atoms with Gasteiger partial charge >= 0.3 is 5.97 Å². The van der Waals surface area contributed by atoms with E-state index in [9.17, 15) is 14.4 Å². The number of unbranched alkanes of at least 4 members (excludes halogenated alkanes) is 1. The van der Waals surface area contributed by atoms with Crippen molar-refractivity contribution in [2.75, 3.05) is 25.3 Å². The number of carbonyl (C=O) groups excluding carboxylic acids is 3. The number of amides is 1. The van der Waals surface area contributed by atoms with Crippen molar-refractivity contribution in [3.8, 4) is 17.2 Å². The van der Waals surface area contributed by atoms with Gasteiger partial charge in [0.1, 0.15) is 5.75 Å². The summed E-state index contributed by atoms with van der Waals surface area (Å²) in [5.74, 6) is 0.283. The number of anilines is 1. The number of fused-ring (bicyclic) bond motifs is 1. The highest BCUT2D eigenvalue weighted by molar-refractivity contribution is 6.04. The summed E-state index contributed by atoms with van der Waals surface area (Å²) in [5, 5.41) is 2.66. The third kappa shape index (κ3) is 5.28. The van der Waals surface area contributed by atoms with Crippen LogP contribution in [0.2, 0.25) is 0 Å². The molecule has 0 spiro atoms. The van der Waals surface area contributed by atoms with Gasteiger partial charge in [0.2, 0.25) is 6.79 Å². The fourth-order valence-corrected chi connectivity index (χ4v) is 2.75. The minimum Gasteiger partial charge on any atom is -0.484 e. The molecule has 0 radical (unpaired) electrons. The van der Waals surface area contributed by atoms with Gasteiger partial charge in [0, 0.05) is 11.6 Å². The summed E-state index contributed by atoms with van der Waals surface area (Å²) in [6, 6.07) is 9.42. The molecule has 2 aromatic rings. The first-order chi connectivity index (χ1) is 14.5. The minimum atomic E-state index is -0.445. The second kappa shape index (κ2) is 9.78. The number of benzene rings is 2. The molecule has 0 unspecified atom stereocenters. The van der Waals surface area contributed by atoms with E-state index in [1.807, 2.05) is 6.92 Å². The molecular formula is C22H23NO7. The summed E-state index contributed by atoms with van der Waals surface area (Å²) in [6.07, 6.45) is 1.76. The molecule has 0 aromatic heterocycles. The predicted molar refractivity (Wildman–Crippen MR) is 108 cm³/mol. The highest BCUT2D eigenvalue weighted by atomic mass is 16.7. The van der Waals surface area contributed by atoms with E-state index in [4.69, 9.17) is 18.9 Å². The second-order valence-corrected chi connectivity index (χ2v) is 6.66. The smallest absolute Gasteiger partial charge is 0.338 e. The van der Waals surface area contributed by atoms with Gasteiger partial charge in [-0.25, -0.2) is 4.79 Å². The molecule has 8 heteroatoms. The van der Waals surface area contributed by atoms with Gasteiger partial charge in [-0.05, 0) is 43.7 Å². The first-order valence-corrected chi connectivity index (χ1v) is 9.62. The molecule has 0 bridgehead atoms.